The third-order valence-electron chi connectivity index (χ3n) is 3.48. The Morgan fingerprint density at radius 1 is 1.41 bits per heavy atom. The molecular formula is C13H20N2O2. The van der Waals surface area contributed by atoms with Crippen LogP contribution < -0.4 is 5.32 Å². The molecule has 0 aromatic rings. The van der Waals surface area contributed by atoms with Crippen molar-refractivity contribution in [2.24, 2.45) is 0 Å². The van der Waals surface area contributed by atoms with E-state index in [0.29, 0.717) is 6.54 Å². The van der Waals surface area contributed by atoms with E-state index >= 15 is 0 Å². The van der Waals surface area contributed by atoms with Crippen LogP contribution in [0.15, 0.2) is 11.6 Å². The van der Waals surface area contributed by atoms with E-state index in [9.17, 15) is 9.59 Å². The molecule has 1 N–H and O–H groups in total. The Morgan fingerprint density at radius 2 is 2.24 bits per heavy atom. The normalized spacial score (nSPS) is 25.6. The third kappa shape index (κ3) is 3.08. The summed E-state index contributed by atoms with van der Waals surface area (Å²) in [5, 5.41) is 2.65. The van der Waals surface area contributed by atoms with Crippen molar-refractivity contribution in [2.75, 3.05) is 13.1 Å². The summed E-state index contributed by atoms with van der Waals surface area (Å²) >= 11 is 0. The molecule has 0 aromatic heterocycles. The van der Waals surface area contributed by atoms with E-state index < -0.39 is 0 Å². The number of hydrogen-bond donors (Lipinski definition) is 1. The minimum atomic E-state index is -0.364. The molecule has 0 saturated carbocycles. The van der Waals surface area contributed by atoms with E-state index in [4.69, 9.17) is 0 Å². The number of amides is 2. The number of nitrogens with one attached hydrogen (secondary N) is 1. The van der Waals surface area contributed by atoms with Crippen LogP contribution in [0.25, 0.3) is 0 Å². The quantitative estimate of drug-likeness (QED) is 0.749. The van der Waals surface area contributed by atoms with Crippen LogP contribution in [0.2, 0.25) is 0 Å². The van der Waals surface area contributed by atoms with E-state index in [0.717, 1.165) is 12.8 Å². The molecule has 0 bridgehead atoms. The zero-order valence-corrected chi connectivity index (χ0v) is 10.4. The van der Waals surface area contributed by atoms with Crippen molar-refractivity contribution in [1.29, 1.82) is 0 Å². The summed E-state index contributed by atoms with van der Waals surface area (Å²) in [7, 11) is 0. The van der Waals surface area contributed by atoms with Crippen molar-refractivity contribution in [3.8, 4) is 0 Å². The van der Waals surface area contributed by atoms with Crippen LogP contribution in [0, 0.1) is 0 Å². The topological polar surface area (TPSA) is 49.4 Å². The van der Waals surface area contributed by atoms with Gasteiger partial charge in [0, 0.05) is 6.54 Å². The predicted octanol–water partition coefficient (Wildman–Crippen LogP) is 1.22. The Hall–Kier alpha value is -1.32. The molecule has 1 saturated heterocycles. The van der Waals surface area contributed by atoms with E-state index in [2.05, 4.69) is 11.4 Å². The van der Waals surface area contributed by atoms with Gasteiger partial charge in [0.05, 0.1) is 6.54 Å². The summed E-state index contributed by atoms with van der Waals surface area (Å²) in [4.78, 5) is 24.9. The summed E-state index contributed by atoms with van der Waals surface area (Å²) < 4.78 is 0. The number of hydrogen-bond acceptors (Lipinski definition) is 2. The van der Waals surface area contributed by atoms with Crippen LogP contribution in [-0.4, -0.2) is 35.8 Å². The van der Waals surface area contributed by atoms with E-state index in [1.54, 1.807) is 11.8 Å². The number of piperazine rings is 1. The second-order valence-electron chi connectivity index (χ2n) is 4.91. The largest absolute Gasteiger partial charge is 0.343 e. The molecule has 0 spiro atoms. The maximum atomic E-state index is 11.8. The Balaban J connectivity index is 1.87. The lowest BCUT2D eigenvalue weighted by molar-refractivity contribution is -0.143. The molecule has 17 heavy (non-hydrogen) atoms. The fraction of sp³-hybridized carbons (Fsp3) is 0.692. The molecule has 1 aliphatic heterocycles. The molecule has 1 atom stereocenters. The van der Waals surface area contributed by atoms with Gasteiger partial charge in [0.25, 0.3) is 0 Å². The zero-order valence-electron chi connectivity index (χ0n) is 10.4. The van der Waals surface area contributed by atoms with Gasteiger partial charge in [-0.25, -0.2) is 0 Å². The van der Waals surface area contributed by atoms with Gasteiger partial charge in [-0.2, -0.15) is 0 Å². The number of nitrogens with zero attached hydrogens (tertiary/aromatic N) is 1. The van der Waals surface area contributed by atoms with Crippen molar-refractivity contribution in [3.05, 3.63) is 11.6 Å². The van der Waals surface area contributed by atoms with Crippen molar-refractivity contribution >= 4 is 11.8 Å². The number of rotatable bonds is 3. The Kier molecular flexibility index (Phi) is 3.82. The summed E-state index contributed by atoms with van der Waals surface area (Å²) in [5.74, 6) is -0.00395. The number of allylic oxidation sites excluding steroid dienone is 1. The molecule has 4 nitrogen and oxygen atoms in total. The van der Waals surface area contributed by atoms with Crippen LogP contribution in [0.4, 0.5) is 0 Å². The molecule has 1 fully saturated rings. The molecule has 4 heteroatoms. The van der Waals surface area contributed by atoms with Crippen LogP contribution in [0.5, 0.6) is 0 Å². The molecule has 0 aromatic carbocycles. The summed E-state index contributed by atoms with van der Waals surface area (Å²) in [6, 6.07) is -0.364. The molecule has 2 amide bonds. The maximum absolute atomic E-state index is 11.8. The lowest BCUT2D eigenvalue weighted by Crippen LogP contribution is -2.56. The maximum Gasteiger partial charge on any atom is 0.245 e. The van der Waals surface area contributed by atoms with Crippen molar-refractivity contribution < 1.29 is 9.59 Å². The molecule has 1 unspecified atom stereocenters. The van der Waals surface area contributed by atoms with Gasteiger partial charge in [-0.1, -0.05) is 11.6 Å². The van der Waals surface area contributed by atoms with Gasteiger partial charge in [0.15, 0.2) is 0 Å². The highest BCUT2D eigenvalue weighted by atomic mass is 16.2. The molecule has 2 aliphatic rings. The Labute approximate surface area is 102 Å². The highest BCUT2D eigenvalue weighted by Crippen LogP contribution is 2.20. The Morgan fingerprint density at radius 3 is 2.94 bits per heavy atom. The van der Waals surface area contributed by atoms with Crippen LogP contribution >= 0.6 is 0 Å². The van der Waals surface area contributed by atoms with Crippen LogP contribution in [0.3, 0.4) is 0 Å². The van der Waals surface area contributed by atoms with E-state index in [-0.39, 0.29) is 24.4 Å². The molecule has 1 aliphatic carbocycles. The third-order valence-corrected chi connectivity index (χ3v) is 3.48. The molecule has 1 heterocycles. The van der Waals surface area contributed by atoms with Crippen LogP contribution in [-0.2, 0) is 9.59 Å². The van der Waals surface area contributed by atoms with Crippen molar-refractivity contribution in [1.82, 2.24) is 10.2 Å². The van der Waals surface area contributed by atoms with Gasteiger partial charge < -0.3 is 10.2 Å². The molecule has 2 rings (SSSR count). The molecular weight excluding hydrogens is 216 g/mol. The first kappa shape index (κ1) is 12.1. The summed E-state index contributed by atoms with van der Waals surface area (Å²) in [6.07, 6.45) is 8.08. The molecule has 94 valence electrons. The second-order valence-corrected chi connectivity index (χ2v) is 4.91. The summed E-state index contributed by atoms with van der Waals surface area (Å²) in [5.41, 5.74) is 1.45. The minimum absolute atomic E-state index is 0.0426. The van der Waals surface area contributed by atoms with Gasteiger partial charge in [-0.15, -0.1) is 0 Å². The smallest absolute Gasteiger partial charge is 0.245 e. The Bertz CT molecular complexity index is 349. The predicted molar refractivity (Wildman–Crippen MR) is 65.4 cm³/mol. The van der Waals surface area contributed by atoms with Gasteiger partial charge in [-0.3, -0.25) is 9.59 Å². The van der Waals surface area contributed by atoms with E-state index in [1.807, 2.05) is 0 Å². The zero-order chi connectivity index (χ0) is 12.3. The monoisotopic (exact) mass is 236 g/mol. The lowest BCUT2D eigenvalue weighted by Gasteiger charge is -2.31. The highest BCUT2D eigenvalue weighted by Gasteiger charge is 2.28. The fourth-order valence-electron chi connectivity index (χ4n) is 2.47. The van der Waals surface area contributed by atoms with Gasteiger partial charge >= 0.3 is 0 Å². The lowest BCUT2D eigenvalue weighted by atomic mass is 9.97. The first-order valence-electron chi connectivity index (χ1n) is 6.43. The van der Waals surface area contributed by atoms with Gasteiger partial charge in [0.2, 0.25) is 11.8 Å². The second kappa shape index (κ2) is 5.34. The van der Waals surface area contributed by atoms with E-state index in [1.165, 1.54) is 24.8 Å². The first-order chi connectivity index (χ1) is 8.16. The molecule has 0 radical (unpaired) electrons. The van der Waals surface area contributed by atoms with Crippen molar-refractivity contribution in [2.45, 2.75) is 45.1 Å². The number of carbonyl (C=O) groups excluding carboxylic acids is 2. The first-order valence-corrected chi connectivity index (χ1v) is 6.43. The fourth-order valence-corrected chi connectivity index (χ4v) is 2.47. The number of carbonyl (C=O) groups is 2. The average molecular weight is 236 g/mol. The summed E-state index contributed by atoms with van der Waals surface area (Å²) in [6.45, 7) is 2.64. The highest BCUT2D eigenvalue weighted by molar-refractivity contribution is 5.94. The SMILES string of the molecule is CC1NC(=O)CN(CCC2=CCCCC2)C1=O. The van der Waals surface area contributed by atoms with Crippen molar-refractivity contribution in [3.63, 3.8) is 0 Å². The standard InChI is InChI=1S/C13H20N2O2/c1-10-13(17)15(9-12(16)14-10)8-7-11-5-3-2-4-6-11/h5,10H,2-4,6-9H2,1H3,(H,14,16). The minimum Gasteiger partial charge on any atom is -0.343 e. The average Bonchev–Trinajstić information content (AvgIpc) is 2.33. The van der Waals surface area contributed by atoms with Crippen LogP contribution in [0.1, 0.15) is 39.0 Å². The van der Waals surface area contributed by atoms with Gasteiger partial charge in [-0.05, 0) is 39.0 Å². The van der Waals surface area contributed by atoms with Gasteiger partial charge in [0.1, 0.15) is 6.04 Å².